The molecule has 0 aromatic heterocycles. The zero-order valence-electron chi connectivity index (χ0n) is 13.0. The molecule has 20 heavy (non-hydrogen) atoms. The van der Waals surface area contributed by atoms with Gasteiger partial charge in [0.25, 0.3) is 0 Å². The Balaban J connectivity index is 1.64. The Hall–Kier alpha value is -0.570. The number of aliphatic hydroxyl groups excluding tert-OH is 1. The third-order valence-corrected chi connectivity index (χ3v) is 5.33. The van der Waals surface area contributed by atoms with E-state index in [1.165, 1.54) is 25.7 Å². The van der Waals surface area contributed by atoms with Gasteiger partial charge in [0.2, 0.25) is 0 Å². The molecule has 2 fully saturated rings. The molecular weight excluding hydrogens is 252 g/mol. The summed E-state index contributed by atoms with van der Waals surface area (Å²) < 4.78 is 5.53. The number of esters is 1. The minimum atomic E-state index is -0.203. The van der Waals surface area contributed by atoms with Crippen LogP contribution in [0.25, 0.3) is 0 Å². The van der Waals surface area contributed by atoms with Crippen LogP contribution in [0.15, 0.2) is 0 Å². The maximum absolute atomic E-state index is 12.0. The summed E-state index contributed by atoms with van der Waals surface area (Å²) in [5.74, 6) is 2.23. The van der Waals surface area contributed by atoms with Crippen molar-refractivity contribution in [1.29, 1.82) is 0 Å². The SMILES string of the molecule is CC(C)C1CCC(COC(=O)C2CCC(O)CC2)CC1. The summed E-state index contributed by atoms with van der Waals surface area (Å²) in [7, 11) is 0. The second-order valence-corrected chi connectivity index (χ2v) is 7.16. The average molecular weight is 282 g/mol. The predicted octanol–water partition coefficient (Wildman–Crippen LogP) is 3.54. The second kappa shape index (κ2) is 7.44. The highest BCUT2D eigenvalue weighted by molar-refractivity contribution is 5.72. The summed E-state index contributed by atoms with van der Waals surface area (Å²) in [4.78, 5) is 12.0. The van der Waals surface area contributed by atoms with Crippen molar-refractivity contribution < 1.29 is 14.6 Å². The van der Waals surface area contributed by atoms with Gasteiger partial charge in [-0.25, -0.2) is 0 Å². The Morgan fingerprint density at radius 2 is 1.65 bits per heavy atom. The lowest BCUT2D eigenvalue weighted by Crippen LogP contribution is -2.28. The minimum Gasteiger partial charge on any atom is -0.465 e. The molecule has 2 rings (SSSR count). The topological polar surface area (TPSA) is 46.5 Å². The van der Waals surface area contributed by atoms with Crippen LogP contribution in [-0.2, 0) is 9.53 Å². The molecule has 0 saturated heterocycles. The van der Waals surface area contributed by atoms with E-state index in [1.54, 1.807) is 0 Å². The van der Waals surface area contributed by atoms with E-state index in [-0.39, 0.29) is 18.0 Å². The fourth-order valence-corrected chi connectivity index (χ4v) is 3.65. The zero-order valence-corrected chi connectivity index (χ0v) is 13.0. The first-order valence-corrected chi connectivity index (χ1v) is 8.41. The van der Waals surface area contributed by atoms with E-state index in [0.717, 1.165) is 37.5 Å². The van der Waals surface area contributed by atoms with Crippen molar-refractivity contribution in [3.05, 3.63) is 0 Å². The molecule has 2 saturated carbocycles. The third-order valence-electron chi connectivity index (χ3n) is 5.33. The van der Waals surface area contributed by atoms with Crippen molar-refractivity contribution in [2.24, 2.45) is 23.7 Å². The van der Waals surface area contributed by atoms with E-state index >= 15 is 0 Å². The highest BCUT2D eigenvalue weighted by Crippen LogP contribution is 2.33. The molecule has 0 aromatic carbocycles. The fourth-order valence-electron chi connectivity index (χ4n) is 3.65. The molecule has 0 spiro atoms. The van der Waals surface area contributed by atoms with Crippen LogP contribution in [0.2, 0.25) is 0 Å². The minimum absolute atomic E-state index is 0.0251. The van der Waals surface area contributed by atoms with Gasteiger partial charge < -0.3 is 9.84 Å². The van der Waals surface area contributed by atoms with Crippen molar-refractivity contribution in [2.45, 2.75) is 71.3 Å². The van der Waals surface area contributed by atoms with Gasteiger partial charge in [0.15, 0.2) is 0 Å². The van der Waals surface area contributed by atoms with E-state index in [0.29, 0.717) is 12.5 Å². The number of rotatable bonds is 4. The molecule has 0 unspecified atom stereocenters. The molecule has 116 valence electrons. The fraction of sp³-hybridized carbons (Fsp3) is 0.941. The monoisotopic (exact) mass is 282 g/mol. The Labute approximate surface area is 123 Å². The van der Waals surface area contributed by atoms with Gasteiger partial charge in [-0.3, -0.25) is 4.79 Å². The largest absolute Gasteiger partial charge is 0.465 e. The molecule has 0 bridgehead atoms. The summed E-state index contributed by atoms with van der Waals surface area (Å²) in [5, 5.41) is 9.46. The second-order valence-electron chi connectivity index (χ2n) is 7.16. The van der Waals surface area contributed by atoms with Crippen molar-refractivity contribution in [3.63, 3.8) is 0 Å². The lowest BCUT2D eigenvalue weighted by molar-refractivity contribution is -0.152. The predicted molar refractivity (Wildman–Crippen MR) is 79.2 cm³/mol. The van der Waals surface area contributed by atoms with E-state index in [1.807, 2.05) is 0 Å². The Kier molecular flexibility index (Phi) is 5.88. The lowest BCUT2D eigenvalue weighted by Gasteiger charge is -2.31. The van der Waals surface area contributed by atoms with Gasteiger partial charge in [-0.05, 0) is 69.1 Å². The summed E-state index contributed by atoms with van der Waals surface area (Å²) >= 11 is 0. The van der Waals surface area contributed by atoms with Crippen molar-refractivity contribution in [2.75, 3.05) is 6.61 Å². The van der Waals surface area contributed by atoms with Crippen LogP contribution in [0, 0.1) is 23.7 Å². The van der Waals surface area contributed by atoms with Crippen LogP contribution >= 0.6 is 0 Å². The molecular formula is C17H30O3. The average Bonchev–Trinajstić information content (AvgIpc) is 2.46. The summed E-state index contributed by atoms with van der Waals surface area (Å²) in [6, 6.07) is 0. The van der Waals surface area contributed by atoms with Crippen LogP contribution in [0.3, 0.4) is 0 Å². The first-order chi connectivity index (χ1) is 9.56. The number of carbonyl (C=O) groups is 1. The Morgan fingerprint density at radius 1 is 1.05 bits per heavy atom. The van der Waals surface area contributed by atoms with E-state index in [9.17, 15) is 9.90 Å². The molecule has 2 aliphatic carbocycles. The normalized spacial score (nSPS) is 35.0. The first kappa shape index (κ1) is 15.8. The van der Waals surface area contributed by atoms with Gasteiger partial charge in [0.1, 0.15) is 0 Å². The smallest absolute Gasteiger partial charge is 0.308 e. The molecule has 2 aliphatic rings. The molecule has 1 N–H and O–H groups in total. The number of ether oxygens (including phenoxy) is 1. The molecule has 0 aromatic rings. The number of hydrogen-bond acceptors (Lipinski definition) is 3. The molecule has 0 aliphatic heterocycles. The molecule has 0 amide bonds. The maximum Gasteiger partial charge on any atom is 0.308 e. The van der Waals surface area contributed by atoms with E-state index in [2.05, 4.69) is 13.8 Å². The number of aliphatic hydroxyl groups is 1. The Bertz CT molecular complexity index is 297. The van der Waals surface area contributed by atoms with E-state index in [4.69, 9.17) is 4.74 Å². The summed E-state index contributed by atoms with van der Waals surface area (Å²) in [6.45, 7) is 5.23. The summed E-state index contributed by atoms with van der Waals surface area (Å²) in [5.41, 5.74) is 0. The molecule has 3 nitrogen and oxygen atoms in total. The van der Waals surface area contributed by atoms with Gasteiger partial charge >= 0.3 is 5.97 Å². The third kappa shape index (κ3) is 4.47. The molecule has 0 atom stereocenters. The molecule has 3 heteroatoms. The van der Waals surface area contributed by atoms with Crippen molar-refractivity contribution in [1.82, 2.24) is 0 Å². The zero-order chi connectivity index (χ0) is 14.5. The first-order valence-electron chi connectivity index (χ1n) is 8.41. The molecule has 0 heterocycles. The Morgan fingerprint density at radius 3 is 2.20 bits per heavy atom. The van der Waals surface area contributed by atoms with Crippen LogP contribution in [-0.4, -0.2) is 23.8 Å². The lowest BCUT2D eigenvalue weighted by atomic mass is 9.77. The van der Waals surface area contributed by atoms with Gasteiger partial charge in [0.05, 0.1) is 18.6 Å². The van der Waals surface area contributed by atoms with Crippen LogP contribution < -0.4 is 0 Å². The number of hydrogen-bond donors (Lipinski definition) is 1. The molecule has 0 radical (unpaired) electrons. The van der Waals surface area contributed by atoms with Crippen molar-refractivity contribution in [3.8, 4) is 0 Å². The summed E-state index contributed by atoms with van der Waals surface area (Å²) in [6.07, 6.45) is 7.87. The highest BCUT2D eigenvalue weighted by atomic mass is 16.5. The van der Waals surface area contributed by atoms with Crippen molar-refractivity contribution >= 4 is 5.97 Å². The van der Waals surface area contributed by atoms with Gasteiger partial charge in [0, 0.05) is 0 Å². The van der Waals surface area contributed by atoms with E-state index < -0.39 is 0 Å². The highest BCUT2D eigenvalue weighted by Gasteiger charge is 2.28. The van der Waals surface area contributed by atoms with Crippen LogP contribution in [0.5, 0.6) is 0 Å². The van der Waals surface area contributed by atoms with Crippen LogP contribution in [0.1, 0.15) is 65.2 Å². The number of carbonyl (C=O) groups excluding carboxylic acids is 1. The standard InChI is InChI=1S/C17H30O3/c1-12(2)14-5-3-13(4-6-14)11-20-17(19)15-7-9-16(18)10-8-15/h12-16,18H,3-11H2,1-2H3. The van der Waals surface area contributed by atoms with Crippen LogP contribution in [0.4, 0.5) is 0 Å². The van der Waals surface area contributed by atoms with Gasteiger partial charge in [-0.1, -0.05) is 13.8 Å². The maximum atomic E-state index is 12.0. The van der Waals surface area contributed by atoms with Gasteiger partial charge in [-0.2, -0.15) is 0 Å². The van der Waals surface area contributed by atoms with Gasteiger partial charge in [-0.15, -0.1) is 0 Å². The quantitative estimate of drug-likeness (QED) is 0.802.